The zero-order valence-corrected chi connectivity index (χ0v) is 13.0. The van der Waals surface area contributed by atoms with Crippen LogP contribution in [0.5, 0.6) is 0 Å². The van der Waals surface area contributed by atoms with E-state index >= 15 is 0 Å². The highest BCUT2D eigenvalue weighted by molar-refractivity contribution is 7.14. The number of hydrogen-bond acceptors (Lipinski definition) is 3. The van der Waals surface area contributed by atoms with Crippen molar-refractivity contribution in [2.45, 2.75) is 6.42 Å². The van der Waals surface area contributed by atoms with E-state index in [0.717, 1.165) is 11.1 Å². The van der Waals surface area contributed by atoms with Gasteiger partial charge in [-0.05, 0) is 23.3 Å². The zero-order valence-electron chi connectivity index (χ0n) is 12.2. The number of carboxylic acid groups (broad SMARTS) is 1. The second-order valence-electron chi connectivity index (χ2n) is 5.11. The summed E-state index contributed by atoms with van der Waals surface area (Å²) in [4.78, 5) is 24.4. The van der Waals surface area contributed by atoms with Crippen LogP contribution in [-0.4, -0.2) is 16.9 Å². The van der Waals surface area contributed by atoms with Crippen molar-refractivity contribution in [2.75, 3.05) is 0 Å². The van der Waals surface area contributed by atoms with Gasteiger partial charge in [0, 0.05) is 10.4 Å². The summed E-state index contributed by atoms with van der Waals surface area (Å²) >= 11 is 1.23. The molecular formula is C19H14O3S. The van der Waals surface area contributed by atoms with Gasteiger partial charge in [0.25, 0.3) is 0 Å². The van der Waals surface area contributed by atoms with E-state index in [0.29, 0.717) is 15.3 Å². The predicted octanol–water partition coefficient (Wildman–Crippen LogP) is 4.27. The number of hydrogen-bond donors (Lipinski definition) is 1. The highest BCUT2D eigenvalue weighted by Crippen LogP contribution is 2.23. The van der Waals surface area contributed by atoms with Gasteiger partial charge in [-0.2, -0.15) is 0 Å². The average molecular weight is 322 g/mol. The summed E-state index contributed by atoms with van der Waals surface area (Å²) in [5.41, 5.74) is 2.76. The summed E-state index contributed by atoms with van der Waals surface area (Å²) in [5, 5.41) is 8.79. The Bertz CT molecular complexity index is 833. The Hall–Kier alpha value is -2.72. The zero-order chi connectivity index (χ0) is 16.2. The molecule has 0 unspecified atom stereocenters. The summed E-state index contributed by atoms with van der Waals surface area (Å²) in [5.74, 6) is -0.968. The molecule has 0 aliphatic carbocycles. The first-order chi connectivity index (χ1) is 11.1. The van der Waals surface area contributed by atoms with Gasteiger partial charge in [-0.25, -0.2) is 0 Å². The van der Waals surface area contributed by atoms with Crippen molar-refractivity contribution in [2.24, 2.45) is 0 Å². The fourth-order valence-corrected chi connectivity index (χ4v) is 3.29. The molecule has 0 fully saturated rings. The van der Waals surface area contributed by atoms with Crippen molar-refractivity contribution < 1.29 is 14.7 Å². The molecule has 3 rings (SSSR count). The van der Waals surface area contributed by atoms with Gasteiger partial charge in [-0.1, -0.05) is 54.6 Å². The Morgan fingerprint density at radius 2 is 1.48 bits per heavy atom. The molecule has 0 radical (unpaired) electrons. The lowest BCUT2D eigenvalue weighted by Gasteiger charge is -2.03. The van der Waals surface area contributed by atoms with Crippen LogP contribution in [0.25, 0.3) is 11.1 Å². The second-order valence-corrected chi connectivity index (χ2v) is 6.28. The van der Waals surface area contributed by atoms with Crippen LogP contribution in [0, 0.1) is 0 Å². The fourth-order valence-electron chi connectivity index (χ4n) is 2.33. The van der Waals surface area contributed by atoms with E-state index in [1.807, 2.05) is 42.5 Å². The van der Waals surface area contributed by atoms with Crippen LogP contribution in [0.15, 0.2) is 66.7 Å². The number of carbonyl (C=O) groups excluding carboxylic acids is 1. The lowest BCUT2D eigenvalue weighted by molar-refractivity contribution is -0.136. The van der Waals surface area contributed by atoms with Crippen LogP contribution in [0.4, 0.5) is 0 Å². The minimum Gasteiger partial charge on any atom is -0.481 e. The molecule has 0 saturated carbocycles. The Morgan fingerprint density at radius 1 is 0.826 bits per heavy atom. The van der Waals surface area contributed by atoms with Gasteiger partial charge in [0.2, 0.25) is 5.78 Å². The predicted molar refractivity (Wildman–Crippen MR) is 91.0 cm³/mol. The van der Waals surface area contributed by atoms with Crippen molar-refractivity contribution in [1.29, 1.82) is 0 Å². The summed E-state index contributed by atoms with van der Waals surface area (Å²) in [6.45, 7) is 0. The summed E-state index contributed by atoms with van der Waals surface area (Å²) < 4.78 is 0. The van der Waals surface area contributed by atoms with Crippen molar-refractivity contribution in [3.8, 4) is 11.1 Å². The van der Waals surface area contributed by atoms with Gasteiger partial charge in [-0.15, -0.1) is 11.3 Å². The van der Waals surface area contributed by atoms with Crippen molar-refractivity contribution >= 4 is 23.1 Å². The molecular weight excluding hydrogens is 308 g/mol. The molecule has 0 aliphatic heterocycles. The normalized spacial score (nSPS) is 10.4. The molecule has 23 heavy (non-hydrogen) atoms. The van der Waals surface area contributed by atoms with E-state index < -0.39 is 5.97 Å². The number of aliphatic carboxylic acids is 1. The van der Waals surface area contributed by atoms with Crippen LogP contribution in [0.1, 0.15) is 20.1 Å². The van der Waals surface area contributed by atoms with Gasteiger partial charge in [0.15, 0.2) is 0 Å². The molecule has 1 N–H and O–H groups in total. The third kappa shape index (κ3) is 3.55. The standard InChI is InChI=1S/C19H14O3S/c20-18(21)12-16-10-11-17(23-16)19(22)15-8-6-14(7-9-15)13-4-2-1-3-5-13/h1-11H,12H2,(H,20,21). The first-order valence-electron chi connectivity index (χ1n) is 7.14. The number of thiophene rings is 1. The van der Waals surface area contributed by atoms with Gasteiger partial charge in [0.1, 0.15) is 0 Å². The van der Waals surface area contributed by atoms with Gasteiger partial charge < -0.3 is 5.11 Å². The molecule has 3 nitrogen and oxygen atoms in total. The van der Waals surface area contributed by atoms with Crippen molar-refractivity contribution in [3.63, 3.8) is 0 Å². The molecule has 1 heterocycles. The minimum absolute atomic E-state index is 0.0507. The Morgan fingerprint density at radius 3 is 2.13 bits per heavy atom. The number of carbonyl (C=O) groups is 2. The highest BCUT2D eigenvalue weighted by atomic mass is 32.1. The second kappa shape index (κ2) is 6.58. The van der Waals surface area contributed by atoms with Gasteiger partial charge >= 0.3 is 5.97 Å². The van der Waals surface area contributed by atoms with Crippen LogP contribution in [0.3, 0.4) is 0 Å². The summed E-state index contributed by atoms with van der Waals surface area (Å²) in [6, 6.07) is 20.8. The van der Waals surface area contributed by atoms with Crippen molar-refractivity contribution in [3.05, 3.63) is 82.0 Å². The largest absolute Gasteiger partial charge is 0.481 e. The van der Waals surface area contributed by atoms with Crippen LogP contribution >= 0.6 is 11.3 Å². The van der Waals surface area contributed by atoms with Gasteiger partial charge in [-0.3, -0.25) is 9.59 Å². The monoisotopic (exact) mass is 322 g/mol. The van der Waals surface area contributed by atoms with Crippen LogP contribution in [-0.2, 0) is 11.2 Å². The van der Waals surface area contributed by atoms with Gasteiger partial charge in [0.05, 0.1) is 11.3 Å². The molecule has 0 amide bonds. The maximum absolute atomic E-state index is 12.5. The summed E-state index contributed by atoms with van der Waals surface area (Å²) in [7, 11) is 0. The quantitative estimate of drug-likeness (QED) is 0.714. The van der Waals surface area contributed by atoms with Crippen LogP contribution in [0.2, 0.25) is 0 Å². The first kappa shape index (κ1) is 15.2. The molecule has 1 aromatic heterocycles. The fraction of sp³-hybridized carbons (Fsp3) is 0.0526. The molecule has 114 valence electrons. The Balaban J connectivity index is 1.80. The third-order valence-corrected chi connectivity index (χ3v) is 4.55. The molecule has 0 bridgehead atoms. The minimum atomic E-state index is -0.891. The van der Waals surface area contributed by atoms with Crippen molar-refractivity contribution in [1.82, 2.24) is 0 Å². The lowest BCUT2D eigenvalue weighted by Crippen LogP contribution is -1.98. The lowest BCUT2D eigenvalue weighted by atomic mass is 10.0. The smallest absolute Gasteiger partial charge is 0.308 e. The van der Waals surface area contributed by atoms with E-state index in [1.54, 1.807) is 24.3 Å². The number of ketones is 1. The average Bonchev–Trinajstić information content (AvgIpc) is 3.03. The third-order valence-electron chi connectivity index (χ3n) is 3.47. The van der Waals surface area contributed by atoms with E-state index in [9.17, 15) is 9.59 Å². The Labute approximate surface area is 137 Å². The highest BCUT2D eigenvalue weighted by Gasteiger charge is 2.13. The number of rotatable bonds is 5. The molecule has 0 atom stereocenters. The van der Waals surface area contributed by atoms with E-state index in [-0.39, 0.29) is 12.2 Å². The number of carboxylic acids is 1. The van der Waals surface area contributed by atoms with Crippen LogP contribution < -0.4 is 0 Å². The molecule has 3 aromatic rings. The van der Waals surface area contributed by atoms with E-state index in [1.165, 1.54) is 11.3 Å². The molecule has 0 spiro atoms. The summed E-state index contributed by atoms with van der Waals surface area (Å²) in [6.07, 6.45) is -0.0507. The van der Waals surface area contributed by atoms with E-state index in [4.69, 9.17) is 5.11 Å². The Kier molecular flexibility index (Phi) is 4.35. The molecule has 2 aromatic carbocycles. The number of benzene rings is 2. The van der Waals surface area contributed by atoms with E-state index in [2.05, 4.69) is 0 Å². The maximum atomic E-state index is 12.5. The maximum Gasteiger partial charge on any atom is 0.308 e. The molecule has 4 heteroatoms. The molecule has 0 aliphatic rings. The topological polar surface area (TPSA) is 54.4 Å². The SMILES string of the molecule is O=C(O)Cc1ccc(C(=O)c2ccc(-c3ccccc3)cc2)s1. The molecule has 0 saturated heterocycles. The first-order valence-corrected chi connectivity index (χ1v) is 7.96.